The minimum atomic E-state index is 0.381. The van der Waals surface area contributed by atoms with E-state index in [0.29, 0.717) is 5.92 Å². The maximum atomic E-state index is 3.82. The Kier molecular flexibility index (Phi) is 4.33. The molecule has 0 nitrogen and oxygen atoms in total. The van der Waals surface area contributed by atoms with Crippen LogP contribution in [0.15, 0.2) is 24.8 Å². The summed E-state index contributed by atoms with van der Waals surface area (Å²) in [6.07, 6.45) is 7.00. The van der Waals surface area contributed by atoms with Gasteiger partial charge in [-0.15, -0.1) is 6.58 Å². The molecule has 0 fully saturated rings. The molecule has 1 radical (unpaired) electrons. The number of hydrogen-bond acceptors (Lipinski definition) is 0. The van der Waals surface area contributed by atoms with Crippen LogP contribution in [0.4, 0.5) is 0 Å². The van der Waals surface area contributed by atoms with Crippen molar-refractivity contribution in [3.63, 3.8) is 0 Å². The molecule has 0 saturated carbocycles. The molecule has 45 valence electrons. The van der Waals surface area contributed by atoms with Gasteiger partial charge in [-0.25, -0.2) is 0 Å². The van der Waals surface area contributed by atoms with Crippen LogP contribution in [0.3, 0.4) is 0 Å². The van der Waals surface area contributed by atoms with Gasteiger partial charge in [-0.05, 0) is 26.2 Å². The minimum Gasteiger partial charge on any atom is -0.103 e. The monoisotopic (exact) mass is 109 g/mol. The first-order valence-electron chi connectivity index (χ1n) is 2.88. The molecular formula is C8H13. The van der Waals surface area contributed by atoms with Crippen LogP contribution < -0.4 is 0 Å². The maximum Gasteiger partial charge on any atom is -0.0201 e. The third-order valence-electron chi connectivity index (χ3n) is 1.01. The third-order valence-corrected chi connectivity index (χ3v) is 1.01. The van der Waals surface area contributed by atoms with Crippen LogP contribution in [0.1, 0.15) is 13.3 Å². The summed E-state index contributed by atoms with van der Waals surface area (Å²) in [6, 6.07) is 0. The van der Waals surface area contributed by atoms with Crippen LogP contribution in [-0.2, 0) is 0 Å². The van der Waals surface area contributed by atoms with Gasteiger partial charge < -0.3 is 0 Å². The Morgan fingerprint density at radius 2 is 2.25 bits per heavy atom. The summed E-state index contributed by atoms with van der Waals surface area (Å²) in [5.41, 5.74) is 0. The average molecular weight is 109 g/mol. The summed E-state index contributed by atoms with van der Waals surface area (Å²) in [5, 5.41) is 0. The fraction of sp³-hybridized carbons (Fsp3) is 0.375. The van der Waals surface area contributed by atoms with Gasteiger partial charge in [-0.2, -0.15) is 0 Å². The van der Waals surface area contributed by atoms with Crippen molar-refractivity contribution in [2.75, 3.05) is 0 Å². The molecule has 0 aliphatic heterocycles. The van der Waals surface area contributed by atoms with E-state index in [1.165, 1.54) is 0 Å². The zero-order valence-electron chi connectivity index (χ0n) is 5.43. The highest BCUT2D eigenvalue weighted by Gasteiger charge is 1.87. The Hall–Kier alpha value is -0.520. The minimum absolute atomic E-state index is 0.381. The van der Waals surface area contributed by atoms with E-state index in [1.54, 1.807) is 0 Å². The Labute approximate surface area is 51.9 Å². The first kappa shape index (κ1) is 7.48. The lowest BCUT2D eigenvalue weighted by Gasteiger charge is -1.96. The summed E-state index contributed by atoms with van der Waals surface area (Å²) in [7, 11) is 0. The largest absolute Gasteiger partial charge is 0.103 e. The molecule has 0 aliphatic carbocycles. The molecule has 0 N–H and O–H groups in total. The van der Waals surface area contributed by atoms with Gasteiger partial charge in [0.05, 0.1) is 0 Å². The second-order valence-electron chi connectivity index (χ2n) is 1.80. The second kappa shape index (κ2) is 4.63. The fourth-order valence-corrected chi connectivity index (χ4v) is 0.407. The van der Waals surface area contributed by atoms with Gasteiger partial charge in [-0.3, -0.25) is 0 Å². The second-order valence-corrected chi connectivity index (χ2v) is 1.80. The van der Waals surface area contributed by atoms with Gasteiger partial charge in [0.15, 0.2) is 0 Å². The van der Waals surface area contributed by atoms with Gasteiger partial charge in [0.1, 0.15) is 0 Å². The van der Waals surface area contributed by atoms with Gasteiger partial charge >= 0.3 is 0 Å². The Bertz CT molecular complexity index is 80.0. The summed E-state index contributed by atoms with van der Waals surface area (Å²) in [4.78, 5) is 0. The van der Waals surface area contributed by atoms with Crippen LogP contribution in [-0.4, -0.2) is 0 Å². The van der Waals surface area contributed by atoms with E-state index in [-0.39, 0.29) is 0 Å². The Morgan fingerprint density at radius 3 is 2.62 bits per heavy atom. The van der Waals surface area contributed by atoms with E-state index >= 15 is 0 Å². The number of hydrogen-bond donors (Lipinski definition) is 0. The number of rotatable bonds is 3. The average Bonchev–Trinajstić information content (AvgIpc) is 1.83. The molecule has 0 spiro atoms. The van der Waals surface area contributed by atoms with E-state index in [4.69, 9.17) is 0 Å². The van der Waals surface area contributed by atoms with Crippen LogP contribution in [0.2, 0.25) is 0 Å². The molecule has 1 unspecified atom stereocenters. The van der Waals surface area contributed by atoms with Crippen molar-refractivity contribution in [3.05, 3.63) is 31.7 Å². The Morgan fingerprint density at radius 1 is 1.62 bits per heavy atom. The standard InChI is InChI=1S/C8H13/c1-4-6-7-8(3)5-2/h4-6,8H,2-3,7H2,1H3. The summed E-state index contributed by atoms with van der Waals surface area (Å²) >= 11 is 0. The topological polar surface area (TPSA) is 0 Å². The zero-order valence-corrected chi connectivity index (χ0v) is 5.43. The van der Waals surface area contributed by atoms with Crippen molar-refractivity contribution >= 4 is 0 Å². The van der Waals surface area contributed by atoms with Crippen molar-refractivity contribution < 1.29 is 0 Å². The van der Waals surface area contributed by atoms with Crippen LogP contribution in [0.5, 0.6) is 0 Å². The highest BCUT2D eigenvalue weighted by Crippen LogP contribution is 2.01. The lowest BCUT2D eigenvalue weighted by molar-refractivity contribution is 0.829. The summed E-state index contributed by atoms with van der Waals surface area (Å²) in [5.74, 6) is 0.381. The molecule has 0 aliphatic rings. The van der Waals surface area contributed by atoms with Crippen molar-refractivity contribution in [2.45, 2.75) is 13.3 Å². The molecule has 0 aromatic heterocycles. The first-order valence-corrected chi connectivity index (χ1v) is 2.88. The van der Waals surface area contributed by atoms with Crippen molar-refractivity contribution in [1.82, 2.24) is 0 Å². The molecule has 0 bridgehead atoms. The van der Waals surface area contributed by atoms with Crippen molar-refractivity contribution in [2.24, 2.45) is 5.92 Å². The van der Waals surface area contributed by atoms with Crippen LogP contribution in [0.25, 0.3) is 0 Å². The molecule has 8 heavy (non-hydrogen) atoms. The lowest BCUT2D eigenvalue weighted by atomic mass is 10.1. The van der Waals surface area contributed by atoms with Gasteiger partial charge in [0.2, 0.25) is 0 Å². The van der Waals surface area contributed by atoms with E-state index in [1.807, 2.05) is 19.1 Å². The van der Waals surface area contributed by atoms with Crippen LogP contribution in [0, 0.1) is 12.8 Å². The predicted molar refractivity (Wildman–Crippen MR) is 38.5 cm³/mol. The molecule has 0 amide bonds. The quantitative estimate of drug-likeness (QED) is 0.489. The first-order chi connectivity index (χ1) is 3.81. The highest BCUT2D eigenvalue weighted by atomic mass is 13.9. The predicted octanol–water partition coefficient (Wildman–Crippen LogP) is 2.59. The maximum absolute atomic E-state index is 3.82. The molecule has 0 aromatic rings. The van der Waals surface area contributed by atoms with Crippen molar-refractivity contribution in [3.8, 4) is 0 Å². The van der Waals surface area contributed by atoms with E-state index in [0.717, 1.165) is 6.42 Å². The molecule has 1 atom stereocenters. The van der Waals surface area contributed by atoms with Crippen molar-refractivity contribution in [1.29, 1.82) is 0 Å². The van der Waals surface area contributed by atoms with Gasteiger partial charge in [-0.1, -0.05) is 18.2 Å². The van der Waals surface area contributed by atoms with Crippen LogP contribution >= 0.6 is 0 Å². The smallest absolute Gasteiger partial charge is 0.0201 e. The lowest BCUT2D eigenvalue weighted by Crippen LogP contribution is -1.83. The SMILES string of the molecule is [CH2]C(C=C)CC=CC. The van der Waals surface area contributed by atoms with E-state index in [2.05, 4.69) is 19.6 Å². The van der Waals surface area contributed by atoms with Gasteiger partial charge in [0, 0.05) is 0 Å². The zero-order chi connectivity index (χ0) is 6.41. The molecule has 0 saturated heterocycles. The summed E-state index contributed by atoms with van der Waals surface area (Å²) < 4.78 is 0. The fourth-order valence-electron chi connectivity index (χ4n) is 0.407. The van der Waals surface area contributed by atoms with E-state index in [9.17, 15) is 0 Å². The molecule has 0 rings (SSSR count). The molecule has 0 aromatic carbocycles. The Balaban J connectivity index is 3.23. The molecule has 0 heterocycles. The molecule has 0 heteroatoms. The number of allylic oxidation sites excluding steroid dienone is 3. The summed E-state index contributed by atoms with van der Waals surface area (Å²) in [6.45, 7) is 9.45. The molecular weight excluding hydrogens is 96.1 g/mol. The third kappa shape index (κ3) is 3.66. The van der Waals surface area contributed by atoms with Gasteiger partial charge in [0.25, 0.3) is 0 Å². The highest BCUT2D eigenvalue weighted by molar-refractivity contribution is 4.89. The van der Waals surface area contributed by atoms with E-state index < -0.39 is 0 Å². The normalized spacial score (nSPS) is 14.2.